The number of hydrogen-bond acceptors (Lipinski definition) is 4. The van der Waals surface area contributed by atoms with Gasteiger partial charge in [0.15, 0.2) is 0 Å². The van der Waals surface area contributed by atoms with Crippen LogP contribution in [0.1, 0.15) is 23.3 Å². The Hall–Kier alpha value is -1.09. The summed E-state index contributed by atoms with van der Waals surface area (Å²) in [5.41, 5.74) is 11.5. The molecule has 0 spiro atoms. The van der Waals surface area contributed by atoms with Crippen LogP contribution in [0.5, 0.6) is 0 Å². The van der Waals surface area contributed by atoms with E-state index in [2.05, 4.69) is 0 Å². The van der Waals surface area contributed by atoms with Gasteiger partial charge in [-0.2, -0.15) is 4.31 Å². The lowest BCUT2D eigenvalue weighted by atomic mass is 9.98. The van der Waals surface area contributed by atoms with Gasteiger partial charge in [0.25, 0.3) is 5.91 Å². The molecule has 1 aliphatic carbocycles. The van der Waals surface area contributed by atoms with E-state index in [-0.39, 0.29) is 35.0 Å². The first kappa shape index (κ1) is 17.3. The maximum Gasteiger partial charge on any atom is 0.265 e. The monoisotopic (exact) mass is 348 g/mol. The van der Waals surface area contributed by atoms with Gasteiger partial charge in [-0.1, -0.05) is 0 Å². The highest BCUT2D eigenvalue weighted by molar-refractivity contribution is 7.89. The Morgan fingerprint density at radius 3 is 2.55 bits per heavy atom. The molecule has 22 heavy (non-hydrogen) atoms. The lowest BCUT2D eigenvalue weighted by molar-refractivity contribution is 0.0992. The van der Waals surface area contributed by atoms with Crippen LogP contribution in [0.25, 0.3) is 0 Å². The Morgan fingerprint density at radius 1 is 1.32 bits per heavy atom. The number of halogens is 1. The second-order valence-corrected chi connectivity index (χ2v) is 7.96. The first-order valence-electron chi connectivity index (χ1n) is 7.02. The van der Waals surface area contributed by atoms with Gasteiger partial charge >= 0.3 is 0 Å². The van der Waals surface area contributed by atoms with Crippen LogP contribution in [-0.4, -0.2) is 42.3 Å². The van der Waals surface area contributed by atoms with Gasteiger partial charge in [-0.15, -0.1) is 12.4 Å². The Labute approximate surface area is 136 Å². The van der Waals surface area contributed by atoms with E-state index in [1.165, 1.54) is 21.1 Å². The zero-order chi connectivity index (χ0) is 15.4. The van der Waals surface area contributed by atoms with E-state index in [4.69, 9.17) is 11.5 Å². The fourth-order valence-electron chi connectivity index (χ4n) is 3.53. The highest BCUT2D eigenvalue weighted by Crippen LogP contribution is 2.39. The SMILES string of the molecule is Cl.Cn1cc(S(=O)(=O)N2CC3CCC(N)C3C2)cc1C(N)=O. The molecule has 9 heteroatoms. The van der Waals surface area contributed by atoms with Crippen LogP contribution in [0.3, 0.4) is 0 Å². The van der Waals surface area contributed by atoms with Crippen molar-refractivity contribution in [3.8, 4) is 0 Å². The largest absolute Gasteiger partial charge is 0.364 e. The van der Waals surface area contributed by atoms with Crippen LogP contribution in [-0.2, 0) is 17.1 Å². The van der Waals surface area contributed by atoms with E-state index in [1.807, 2.05) is 0 Å². The van der Waals surface area contributed by atoms with Crippen molar-refractivity contribution in [2.24, 2.45) is 30.4 Å². The highest BCUT2D eigenvalue weighted by Gasteiger charge is 2.45. The smallest absolute Gasteiger partial charge is 0.265 e. The molecule has 7 nitrogen and oxygen atoms in total. The molecule has 2 fully saturated rings. The average molecular weight is 349 g/mol. The maximum absolute atomic E-state index is 12.7. The van der Waals surface area contributed by atoms with Crippen molar-refractivity contribution in [1.82, 2.24) is 8.87 Å². The number of hydrogen-bond donors (Lipinski definition) is 2. The Kier molecular flexibility index (Phi) is 4.59. The minimum Gasteiger partial charge on any atom is -0.364 e. The Bertz CT molecular complexity index is 687. The third-order valence-electron chi connectivity index (χ3n) is 4.75. The molecule has 3 unspecified atom stereocenters. The normalized spacial score (nSPS) is 28.4. The molecule has 1 aromatic rings. The molecule has 0 bridgehead atoms. The number of sulfonamides is 1. The Balaban J connectivity index is 0.00000176. The molecular weight excluding hydrogens is 328 g/mol. The summed E-state index contributed by atoms with van der Waals surface area (Å²) in [6.45, 7) is 0.983. The highest BCUT2D eigenvalue weighted by atomic mass is 35.5. The predicted octanol–water partition coefficient (Wildman–Crippen LogP) is -0.0964. The molecule has 2 heterocycles. The molecule has 1 saturated carbocycles. The second-order valence-electron chi connectivity index (χ2n) is 6.02. The molecular formula is C13H21ClN4O3S. The van der Waals surface area contributed by atoms with Crippen LogP contribution >= 0.6 is 12.4 Å². The summed E-state index contributed by atoms with van der Waals surface area (Å²) in [5.74, 6) is -0.0348. The van der Waals surface area contributed by atoms with Gasteiger partial charge in [0.05, 0.1) is 0 Å². The molecule has 0 aromatic carbocycles. The second kappa shape index (κ2) is 5.84. The zero-order valence-corrected chi connectivity index (χ0v) is 13.9. The van der Waals surface area contributed by atoms with Gasteiger partial charge in [0.2, 0.25) is 10.0 Å². The summed E-state index contributed by atoms with van der Waals surface area (Å²) in [5, 5.41) is 0. The number of amides is 1. The number of fused-ring (bicyclic) bond motifs is 1. The maximum atomic E-state index is 12.7. The fraction of sp³-hybridized carbons (Fsp3) is 0.615. The van der Waals surface area contributed by atoms with Crippen molar-refractivity contribution < 1.29 is 13.2 Å². The van der Waals surface area contributed by atoms with E-state index in [1.54, 1.807) is 7.05 Å². The van der Waals surface area contributed by atoms with Crippen molar-refractivity contribution in [2.75, 3.05) is 13.1 Å². The number of carbonyl (C=O) groups is 1. The third-order valence-corrected chi connectivity index (χ3v) is 6.55. The zero-order valence-electron chi connectivity index (χ0n) is 12.3. The third kappa shape index (κ3) is 2.64. The van der Waals surface area contributed by atoms with Crippen LogP contribution in [0.2, 0.25) is 0 Å². The van der Waals surface area contributed by atoms with Crippen molar-refractivity contribution in [2.45, 2.75) is 23.8 Å². The molecule has 1 aromatic heterocycles. The van der Waals surface area contributed by atoms with Crippen LogP contribution in [0, 0.1) is 11.8 Å². The molecule has 1 aliphatic heterocycles. The average Bonchev–Trinajstić information content (AvgIpc) is 3.05. The van der Waals surface area contributed by atoms with E-state index in [0.717, 1.165) is 12.8 Å². The molecule has 0 radical (unpaired) electrons. The van der Waals surface area contributed by atoms with Gasteiger partial charge in [-0.25, -0.2) is 8.42 Å². The summed E-state index contributed by atoms with van der Waals surface area (Å²) in [6, 6.07) is 1.43. The van der Waals surface area contributed by atoms with Gasteiger partial charge < -0.3 is 16.0 Å². The number of aryl methyl sites for hydroxylation is 1. The summed E-state index contributed by atoms with van der Waals surface area (Å²) in [6.07, 6.45) is 3.39. The molecule has 124 valence electrons. The van der Waals surface area contributed by atoms with Crippen molar-refractivity contribution in [3.63, 3.8) is 0 Å². The lowest BCUT2D eigenvalue weighted by Crippen LogP contribution is -2.33. The summed E-state index contributed by atoms with van der Waals surface area (Å²) >= 11 is 0. The number of rotatable bonds is 3. The molecule has 3 rings (SSSR count). The quantitative estimate of drug-likeness (QED) is 0.794. The summed E-state index contributed by atoms with van der Waals surface area (Å²) in [4.78, 5) is 11.4. The van der Waals surface area contributed by atoms with Crippen LogP contribution in [0.15, 0.2) is 17.2 Å². The van der Waals surface area contributed by atoms with Gasteiger partial charge in [-0.05, 0) is 30.7 Å². The minimum absolute atomic E-state index is 0. The number of nitrogens with zero attached hydrogens (tertiary/aromatic N) is 2. The fourth-order valence-corrected chi connectivity index (χ4v) is 5.14. The Morgan fingerprint density at radius 2 is 2.00 bits per heavy atom. The number of aromatic nitrogens is 1. The first-order chi connectivity index (χ1) is 9.80. The van der Waals surface area contributed by atoms with E-state index in [9.17, 15) is 13.2 Å². The number of carbonyl (C=O) groups excluding carboxylic acids is 1. The first-order valence-corrected chi connectivity index (χ1v) is 8.46. The van der Waals surface area contributed by atoms with Crippen molar-refractivity contribution in [1.29, 1.82) is 0 Å². The van der Waals surface area contributed by atoms with Crippen LogP contribution in [0.4, 0.5) is 0 Å². The van der Waals surface area contributed by atoms with E-state index in [0.29, 0.717) is 19.0 Å². The van der Waals surface area contributed by atoms with Gasteiger partial charge in [0.1, 0.15) is 10.6 Å². The standard InChI is InChI=1S/C13H20N4O3S.ClH/c1-16-6-9(4-12(16)13(15)18)21(19,20)17-5-8-2-3-11(14)10(8)7-17;/h4,6,8,10-11H,2-3,5,7,14H2,1H3,(H2,15,18);1H. The van der Waals surface area contributed by atoms with Crippen LogP contribution < -0.4 is 11.5 Å². The van der Waals surface area contributed by atoms with E-state index >= 15 is 0 Å². The topological polar surface area (TPSA) is 111 Å². The lowest BCUT2D eigenvalue weighted by Gasteiger charge is -2.17. The summed E-state index contributed by atoms with van der Waals surface area (Å²) in [7, 11) is -1.99. The van der Waals surface area contributed by atoms with E-state index < -0.39 is 15.9 Å². The molecule has 3 atom stereocenters. The summed E-state index contributed by atoms with van der Waals surface area (Å²) < 4.78 is 28.3. The number of primary amides is 1. The molecule has 1 saturated heterocycles. The predicted molar refractivity (Wildman–Crippen MR) is 84.1 cm³/mol. The van der Waals surface area contributed by atoms with Crippen molar-refractivity contribution >= 4 is 28.3 Å². The van der Waals surface area contributed by atoms with Gasteiger partial charge in [-0.3, -0.25) is 4.79 Å². The molecule has 1 amide bonds. The number of nitrogens with two attached hydrogens (primary N) is 2. The van der Waals surface area contributed by atoms with Gasteiger partial charge in [0, 0.05) is 32.4 Å². The molecule has 4 N–H and O–H groups in total. The molecule has 2 aliphatic rings. The van der Waals surface area contributed by atoms with Crippen molar-refractivity contribution in [3.05, 3.63) is 18.0 Å². The minimum atomic E-state index is -3.59.